The summed E-state index contributed by atoms with van der Waals surface area (Å²) in [7, 11) is 11.2. The average Bonchev–Trinajstić information content (AvgIpc) is 4.31. The van der Waals surface area contributed by atoms with Crippen LogP contribution in [0, 0.1) is 0 Å². The number of nitrogens with zero attached hydrogens (tertiary/aromatic N) is 11. The number of carbonyl (C=O) groups is 10. The highest BCUT2D eigenvalue weighted by atomic mass is 16.2. The Balaban J connectivity index is 0.779. The molecule has 31 heteroatoms. The highest BCUT2D eigenvalue weighted by molar-refractivity contribution is 6.06. The molecule has 0 saturated carbocycles. The van der Waals surface area contributed by atoms with E-state index in [2.05, 4.69) is 67.8 Å². The molecule has 7 heterocycles. The van der Waals surface area contributed by atoms with Gasteiger partial charge < -0.3 is 85.6 Å². The third-order valence-corrected chi connectivity index (χ3v) is 11.7. The molecule has 0 aliphatic heterocycles. The van der Waals surface area contributed by atoms with Gasteiger partial charge in [0, 0.05) is 138 Å². The summed E-state index contributed by atoms with van der Waals surface area (Å²) in [6.07, 6.45) is 12.0. The van der Waals surface area contributed by atoms with Gasteiger partial charge in [0.25, 0.3) is 41.4 Å². The Morgan fingerprint density at radius 2 is 0.810 bits per heavy atom. The molecule has 0 aromatic carbocycles. The summed E-state index contributed by atoms with van der Waals surface area (Å²) in [5.41, 5.74) is 6.90. The van der Waals surface area contributed by atoms with Gasteiger partial charge >= 0.3 is 0 Å². The van der Waals surface area contributed by atoms with Crippen LogP contribution in [0.2, 0.25) is 0 Å². The largest absolute Gasteiger partial charge is 0.363 e. The molecule has 31 nitrogen and oxygen atoms in total. The summed E-state index contributed by atoms with van der Waals surface area (Å²) >= 11 is 0. The van der Waals surface area contributed by atoms with Gasteiger partial charge in [-0.05, 0) is 24.6 Å². The fraction of sp³-hybridized carbons (Fsp3) is 0.292. The van der Waals surface area contributed by atoms with Crippen LogP contribution in [0.1, 0.15) is 99.6 Å². The Labute approximate surface area is 448 Å². The minimum atomic E-state index is -0.761. The van der Waals surface area contributed by atoms with E-state index in [1.54, 1.807) is 66.3 Å². The number of aromatic nitrogens is 11. The van der Waals surface area contributed by atoms with E-state index >= 15 is 0 Å². The summed E-state index contributed by atoms with van der Waals surface area (Å²) in [6, 6.07) is 4.40. The second-order valence-corrected chi connectivity index (χ2v) is 18.0. The smallest absolute Gasteiger partial charge is 0.291 e. The third kappa shape index (κ3) is 14.2. The predicted octanol–water partition coefficient (Wildman–Crippen LogP) is 0.158. The Bertz CT molecular complexity index is 3530. The van der Waals surface area contributed by atoms with E-state index in [-0.39, 0.29) is 109 Å². The zero-order valence-electron chi connectivity index (χ0n) is 43.9. The van der Waals surface area contributed by atoms with Crippen LogP contribution < -0.4 is 53.6 Å². The molecule has 0 spiro atoms. The number of anilines is 6. The standard InChI is InChI=1S/C48H57N21O10/c1-63-16-15-50-40(63)47(78)55-27-18-30(65(3)21-27)44(75)52-13-11-37(72)58-33-24-69(7)42(61-33)48(79)56-28-19-29(64(2)22-28)43(74)51-12-8-9-35(70)57-32-23-68(6)41(60-32)46(77)53-14-10-36(71)54-26-17-31(66(4)20-26)45(76)62-34-25-67(5)39(59-34)38(49)73/h15-25H,8-14H2,1-7H3,(H2,49,73)(H,51,74)(H,52,75)(H,53,77)(H,54,71)(H,55,78)(H,56,79)(H,57,70)(H,58,72)(H,62,76). The van der Waals surface area contributed by atoms with Gasteiger partial charge in [0.2, 0.25) is 35.2 Å². The average molecular weight is 1090 g/mol. The first-order valence-corrected chi connectivity index (χ1v) is 24.1. The second kappa shape index (κ2) is 24.4. The summed E-state index contributed by atoms with van der Waals surface area (Å²) < 4.78 is 10.3. The highest BCUT2D eigenvalue weighted by Gasteiger charge is 2.22. The zero-order valence-corrected chi connectivity index (χ0v) is 43.9. The van der Waals surface area contributed by atoms with Crippen LogP contribution in [-0.4, -0.2) is 131 Å². The van der Waals surface area contributed by atoms with E-state index in [1.165, 1.54) is 82.8 Å². The number of aryl methyl sites for hydroxylation is 7. The number of nitrogens with two attached hydrogens (primary N) is 1. The Morgan fingerprint density at radius 1 is 0.405 bits per heavy atom. The number of imidazole rings is 4. The Kier molecular flexibility index (Phi) is 17.3. The van der Waals surface area contributed by atoms with Crippen LogP contribution in [0.15, 0.2) is 67.8 Å². The number of hydrogen-bond acceptors (Lipinski definition) is 14. The van der Waals surface area contributed by atoms with Crippen molar-refractivity contribution in [2.24, 2.45) is 55.1 Å². The van der Waals surface area contributed by atoms with Gasteiger partial charge in [-0.2, -0.15) is 0 Å². The van der Waals surface area contributed by atoms with E-state index in [9.17, 15) is 47.9 Å². The van der Waals surface area contributed by atoms with Crippen molar-refractivity contribution in [3.63, 3.8) is 0 Å². The van der Waals surface area contributed by atoms with Crippen LogP contribution in [-0.2, 0) is 63.7 Å². The van der Waals surface area contributed by atoms with Gasteiger partial charge in [-0.15, -0.1) is 0 Å². The van der Waals surface area contributed by atoms with Crippen molar-refractivity contribution >= 4 is 93.6 Å². The summed E-state index contributed by atoms with van der Waals surface area (Å²) in [5, 5.41) is 23.9. The normalized spacial score (nSPS) is 10.9. The molecule has 0 saturated heterocycles. The molecule has 0 unspecified atom stereocenters. The lowest BCUT2D eigenvalue weighted by atomic mass is 10.3. The quantitative estimate of drug-likeness (QED) is 0.0382. The lowest BCUT2D eigenvalue weighted by molar-refractivity contribution is -0.117. The van der Waals surface area contributed by atoms with Gasteiger partial charge in [0.05, 0.1) is 17.1 Å². The van der Waals surface area contributed by atoms with E-state index in [0.717, 1.165) is 0 Å². The minimum absolute atomic E-state index is 0.00725. The number of hydrogen-bond donors (Lipinski definition) is 10. The highest BCUT2D eigenvalue weighted by Crippen LogP contribution is 2.19. The first kappa shape index (κ1) is 56.1. The lowest BCUT2D eigenvalue weighted by Crippen LogP contribution is -2.29. The first-order chi connectivity index (χ1) is 37.5. The van der Waals surface area contributed by atoms with Crippen LogP contribution >= 0.6 is 0 Å². The van der Waals surface area contributed by atoms with Crippen molar-refractivity contribution in [3.05, 3.63) is 108 Å². The number of rotatable bonds is 23. The SMILES string of the molecule is Cn1cc(NC(=O)c2nc(NC(=O)CCNC(=O)c3cc(NC(=O)c4nccn4C)cn3C)cn2C)cc1C(=O)NCCCC(=O)Nc1cn(C)c(C(=O)NCCC(=O)Nc2cc(C(=O)Nc3cn(C)c(C(N)=O)n3)n(C)c2)n1. The van der Waals surface area contributed by atoms with Gasteiger partial charge in [0.15, 0.2) is 23.3 Å². The zero-order chi connectivity index (χ0) is 57.2. The molecule has 0 bridgehead atoms. The van der Waals surface area contributed by atoms with Gasteiger partial charge in [0.1, 0.15) is 17.1 Å². The molecule has 0 aliphatic carbocycles. The molecule has 10 amide bonds. The van der Waals surface area contributed by atoms with Crippen molar-refractivity contribution in [2.45, 2.75) is 25.7 Å². The van der Waals surface area contributed by atoms with Crippen LogP contribution in [0.25, 0.3) is 0 Å². The molecule has 7 aromatic heterocycles. The number of primary amides is 1. The van der Waals surface area contributed by atoms with Gasteiger partial charge in [-0.25, -0.2) is 19.9 Å². The van der Waals surface area contributed by atoms with Crippen molar-refractivity contribution in [2.75, 3.05) is 51.5 Å². The molecular formula is C48H57N21O10. The number of amides is 10. The summed E-state index contributed by atoms with van der Waals surface area (Å²) in [6.45, 7) is 0.0281. The van der Waals surface area contributed by atoms with Crippen LogP contribution in [0.3, 0.4) is 0 Å². The minimum Gasteiger partial charge on any atom is -0.363 e. The van der Waals surface area contributed by atoms with Crippen molar-refractivity contribution in [1.82, 2.24) is 67.9 Å². The predicted molar refractivity (Wildman–Crippen MR) is 283 cm³/mol. The first-order valence-electron chi connectivity index (χ1n) is 24.1. The molecular weight excluding hydrogens is 1030 g/mol. The van der Waals surface area contributed by atoms with Gasteiger partial charge in [-0.1, -0.05) is 0 Å². The lowest BCUT2D eigenvalue weighted by Gasteiger charge is -2.06. The molecule has 7 aromatic rings. The second-order valence-electron chi connectivity index (χ2n) is 18.0. The maximum atomic E-state index is 13.2. The topological polar surface area (TPSA) is 391 Å². The molecule has 11 N–H and O–H groups in total. The Morgan fingerprint density at radius 3 is 1.30 bits per heavy atom. The van der Waals surface area contributed by atoms with Crippen LogP contribution in [0.5, 0.6) is 0 Å². The number of carbonyl (C=O) groups excluding carboxylic acids is 10. The van der Waals surface area contributed by atoms with Crippen molar-refractivity contribution in [3.8, 4) is 0 Å². The third-order valence-electron chi connectivity index (χ3n) is 11.7. The van der Waals surface area contributed by atoms with E-state index < -0.39 is 59.1 Å². The molecule has 0 atom stereocenters. The van der Waals surface area contributed by atoms with Crippen LogP contribution in [0.4, 0.5) is 34.5 Å². The van der Waals surface area contributed by atoms with Crippen molar-refractivity contribution in [1.29, 1.82) is 0 Å². The maximum absolute atomic E-state index is 13.2. The molecule has 79 heavy (non-hydrogen) atoms. The molecule has 7 rings (SSSR count). The summed E-state index contributed by atoms with van der Waals surface area (Å²) in [4.78, 5) is 144. The maximum Gasteiger partial charge on any atom is 0.291 e. The molecule has 0 radical (unpaired) electrons. The molecule has 414 valence electrons. The van der Waals surface area contributed by atoms with Crippen molar-refractivity contribution < 1.29 is 47.9 Å². The van der Waals surface area contributed by atoms with Gasteiger partial charge in [-0.3, -0.25) is 47.9 Å². The van der Waals surface area contributed by atoms with E-state index in [4.69, 9.17) is 5.73 Å². The number of nitrogens with one attached hydrogen (secondary N) is 9. The van der Waals surface area contributed by atoms with E-state index in [1.807, 2.05) is 0 Å². The molecule has 0 aliphatic rings. The fourth-order valence-electron chi connectivity index (χ4n) is 7.87. The fourth-order valence-corrected chi connectivity index (χ4v) is 7.87. The monoisotopic (exact) mass is 1090 g/mol. The Hall–Kier alpha value is -10.6. The summed E-state index contributed by atoms with van der Waals surface area (Å²) in [5.74, 6) is -4.93. The molecule has 0 fully saturated rings. The van der Waals surface area contributed by atoms with E-state index in [0.29, 0.717) is 11.4 Å².